The van der Waals surface area contributed by atoms with Crippen molar-refractivity contribution < 1.29 is 13.2 Å². The number of hydrogen-bond acceptors (Lipinski definition) is 5. The third-order valence-electron chi connectivity index (χ3n) is 5.45. The monoisotopic (exact) mass is 448 g/mol. The Bertz CT molecular complexity index is 1190. The number of nitrogens with one attached hydrogen (secondary N) is 3. The molecule has 1 aromatic heterocycles. The zero-order chi connectivity index (χ0) is 23.0. The van der Waals surface area contributed by atoms with Crippen molar-refractivity contribution in [2.75, 3.05) is 18.4 Å². The lowest BCUT2D eigenvalue weighted by Crippen LogP contribution is -2.45. The van der Waals surface area contributed by atoms with E-state index in [2.05, 4.69) is 31.1 Å². The van der Waals surface area contributed by atoms with Gasteiger partial charge in [-0.15, -0.1) is 0 Å². The number of carbonyl (C=O) groups is 1. The molecule has 2 heterocycles. The van der Waals surface area contributed by atoms with Crippen LogP contribution in [0.4, 0.5) is 5.69 Å². The standard InChI is InChI=1S/C21H28N4O5S/c1-13-17(19(27)24-20(28)22-13)31(29,30)25-11-5-6-14(12-25)18(26)23-16-9-7-15(8-10-16)21(2,3)4/h7-10,14H,5-6,11-12H2,1-4H3,(H,23,26)(H2,22,24,27,28). The minimum atomic E-state index is -4.16. The van der Waals surface area contributed by atoms with E-state index >= 15 is 0 Å². The Labute approximate surface area is 180 Å². The summed E-state index contributed by atoms with van der Waals surface area (Å²) in [5.41, 5.74) is 0.0204. The Hall–Kier alpha value is -2.72. The van der Waals surface area contributed by atoms with Crippen LogP contribution in [0.5, 0.6) is 0 Å². The first-order chi connectivity index (χ1) is 14.4. The molecule has 1 atom stereocenters. The molecule has 1 aliphatic heterocycles. The molecule has 1 unspecified atom stereocenters. The summed E-state index contributed by atoms with van der Waals surface area (Å²) in [6.07, 6.45) is 1.03. The molecule has 0 saturated carbocycles. The molecule has 10 heteroatoms. The van der Waals surface area contributed by atoms with Gasteiger partial charge in [0.05, 0.1) is 5.92 Å². The first-order valence-electron chi connectivity index (χ1n) is 10.1. The van der Waals surface area contributed by atoms with Crippen LogP contribution < -0.4 is 16.6 Å². The van der Waals surface area contributed by atoms with Gasteiger partial charge in [-0.2, -0.15) is 4.31 Å². The van der Waals surface area contributed by atoms with Crippen LogP contribution in [0.3, 0.4) is 0 Å². The van der Waals surface area contributed by atoms with E-state index in [1.165, 1.54) is 6.92 Å². The van der Waals surface area contributed by atoms with Crippen LogP contribution in [0.1, 0.15) is 44.9 Å². The van der Waals surface area contributed by atoms with E-state index in [9.17, 15) is 22.8 Å². The SMILES string of the molecule is Cc1[nH]c(=O)[nH]c(=O)c1S(=O)(=O)N1CCCC(C(=O)Nc2ccc(C(C)(C)C)cc2)C1. The molecule has 2 aromatic rings. The lowest BCUT2D eigenvalue weighted by Gasteiger charge is -2.31. The number of rotatable bonds is 4. The Morgan fingerprint density at radius 2 is 1.77 bits per heavy atom. The second kappa shape index (κ2) is 8.43. The lowest BCUT2D eigenvalue weighted by molar-refractivity contribution is -0.120. The number of anilines is 1. The minimum absolute atomic E-state index is 0.00152. The Kier molecular flexibility index (Phi) is 6.24. The molecule has 1 aliphatic rings. The molecule has 1 amide bonds. The number of amides is 1. The van der Waals surface area contributed by atoms with Crippen molar-refractivity contribution in [3.05, 3.63) is 56.4 Å². The van der Waals surface area contributed by atoms with E-state index in [1.54, 1.807) is 0 Å². The summed E-state index contributed by atoms with van der Waals surface area (Å²) in [6, 6.07) is 7.58. The number of carbonyl (C=O) groups excluding carboxylic acids is 1. The van der Waals surface area contributed by atoms with E-state index in [0.717, 1.165) is 9.87 Å². The summed E-state index contributed by atoms with van der Waals surface area (Å²) in [7, 11) is -4.16. The highest BCUT2D eigenvalue weighted by atomic mass is 32.2. The van der Waals surface area contributed by atoms with Crippen molar-refractivity contribution in [2.24, 2.45) is 5.92 Å². The Morgan fingerprint density at radius 3 is 2.35 bits per heavy atom. The second-order valence-corrected chi connectivity index (χ2v) is 10.8. The summed E-state index contributed by atoms with van der Waals surface area (Å²) < 4.78 is 27.2. The Balaban J connectivity index is 1.76. The molecule has 0 radical (unpaired) electrons. The molecule has 3 rings (SSSR count). The molecule has 1 saturated heterocycles. The van der Waals surface area contributed by atoms with E-state index < -0.39 is 32.1 Å². The van der Waals surface area contributed by atoms with Gasteiger partial charge in [-0.1, -0.05) is 32.9 Å². The average molecular weight is 449 g/mol. The number of piperidine rings is 1. The number of benzene rings is 1. The third kappa shape index (κ3) is 4.96. The molecule has 0 bridgehead atoms. The maximum atomic E-state index is 13.1. The van der Waals surface area contributed by atoms with Gasteiger partial charge in [0.15, 0.2) is 4.90 Å². The van der Waals surface area contributed by atoms with Crippen molar-refractivity contribution in [1.29, 1.82) is 0 Å². The molecular formula is C21H28N4O5S. The van der Waals surface area contributed by atoms with Gasteiger partial charge >= 0.3 is 5.69 Å². The van der Waals surface area contributed by atoms with Gasteiger partial charge < -0.3 is 10.3 Å². The van der Waals surface area contributed by atoms with Gasteiger partial charge in [-0.05, 0) is 42.9 Å². The highest BCUT2D eigenvalue weighted by Crippen LogP contribution is 2.26. The quantitative estimate of drug-likeness (QED) is 0.655. The largest absolute Gasteiger partial charge is 0.326 e. The molecule has 0 spiro atoms. The van der Waals surface area contributed by atoms with Crippen molar-refractivity contribution in [2.45, 2.75) is 50.8 Å². The summed E-state index contributed by atoms with van der Waals surface area (Å²) >= 11 is 0. The van der Waals surface area contributed by atoms with Crippen LogP contribution in [-0.4, -0.2) is 41.7 Å². The van der Waals surface area contributed by atoms with Gasteiger partial charge in [0, 0.05) is 24.5 Å². The van der Waals surface area contributed by atoms with E-state index in [4.69, 9.17) is 0 Å². The number of sulfonamides is 1. The van der Waals surface area contributed by atoms with Crippen LogP contribution >= 0.6 is 0 Å². The van der Waals surface area contributed by atoms with Crippen molar-refractivity contribution >= 4 is 21.6 Å². The highest BCUT2D eigenvalue weighted by molar-refractivity contribution is 7.89. The summed E-state index contributed by atoms with van der Waals surface area (Å²) in [5.74, 6) is -0.816. The second-order valence-electron chi connectivity index (χ2n) is 8.88. The maximum Gasteiger partial charge on any atom is 0.325 e. The van der Waals surface area contributed by atoms with Crippen LogP contribution in [0.25, 0.3) is 0 Å². The molecule has 9 nitrogen and oxygen atoms in total. The molecule has 168 valence electrons. The molecule has 1 fully saturated rings. The normalized spacial score (nSPS) is 18.0. The summed E-state index contributed by atoms with van der Waals surface area (Å²) in [5, 5.41) is 2.86. The number of aryl methyl sites for hydroxylation is 1. The predicted molar refractivity (Wildman–Crippen MR) is 118 cm³/mol. The molecule has 3 N–H and O–H groups in total. The number of aromatic nitrogens is 2. The molecule has 1 aromatic carbocycles. The molecule has 31 heavy (non-hydrogen) atoms. The number of aromatic amines is 2. The van der Waals surface area contributed by atoms with Crippen LogP contribution in [0.15, 0.2) is 38.8 Å². The first-order valence-corrected chi connectivity index (χ1v) is 11.6. The molecular weight excluding hydrogens is 420 g/mol. The summed E-state index contributed by atoms with van der Waals surface area (Å²) in [6.45, 7) is 7.84. The van der Waals surface area contributed by atoms with Gasteiger partial charge in [-0.3, -0.25) is 14.6 Å². The van der Waals surface area contributed by atoms with Gasteiger partial charge in [0.1, 0.15) is 0 Å². The van der Waals surface area contributed by atoms with E-state index in [-0.39, 0.29) is 30.1 Å². The smallest absolute Gasteiger partial charge is 0.325 e. The molecule has 0 aliphatic carbocycles. The third-order valence-corrected chi connectivity index (χ3v) is 7.47. The van der Waals surface area contributed by atoms with Crippen LogP contribution in [0, 0.1) is 12.8 Å². The Morgan fingerprint density at radius 1 is 1.13 bits per heavy atom. The topological polar surface area (TPSA) is 132 Å². The van der Waals surface area contributed by atoms with Crippen molar-refractivity contribution in [3.8, 4) is 0 Å². The van der Waals surface area contributed by atoms with E-state index in [0.29, 0.717) is 18.5 Å². The number of hydrogen-bond donors (Lipinski definition) is 3. The zero-order valence-electron chi connectivity index (χ0n) is 18.1. The fourth-order valence-electron chi connectivity index (χ4n) is 3.70. The first kappa shape index (κ1) is 23.0. The van der Waals surface area contributed by atoms with E-state index in [1.807, 2.05) is 29.2 Å². The van der Waals surface area contributed by atoms with Crippen molar-refractivity contribution in [1.82, 2.24) is 14.3 Å². The summed E-state index contributed by atoms with van der Waals surface area (Å²) in [4.78, 5) is 40.1. The van der Waals surface area contributed by atoms with Gasteiger partial charge in [-0.25, -0.2) is 13.2 Å². The lowest BCUT2D eigenvalue weighted by atomic mass is 9.87. The van der Waals surface area contributed by atoms with Crippen molar-refractivity contribution in [3.63, 3.8) is 0 Å². The van der Waals surface area contributed by atoms with Gasteiger partial charge in [0.2, 0.25) is 15.9 Å². The number of H-pyrrole nitrogens is 2. The zero-order valence-corrected chi connectivity index (χ0v) is 18.9. The van der Waals surface area contributed by atoms with Crippen LogP contribution in [0.2, 0.25) is 0 Å². The average Bonchev–Trinajstić information content (AvgIpc) is 2.66. The van der Waals surface area contributed by atoms with Gasteiger partial charge in [0.25, 0.3) is 5.56 Å². The van der Waals surface area contributed by atoms with Crippen LogP contribution in [-0.2, 0) is 20.2 Å². The predicted octanol–water partition coefficient (Wildman–Crippen LogP) is 1.71. The highest BCUT2D eigenvalue weighted by Gasteiger charge is 2.36. The fourth-order valence-corrected chi connectivity index (χ4v) is 5.43. The number of nitrogens with zero attached hydrogens (tertiary/aromatic N) is 1. The maximum absolute atomic E-state index is 13.1. The fraction of sp³-hybridized carbons (Fsp3) is 0.476. The minimum Gasteiger partial charge on any atom is -0.326 e.